The van der Waals surface area contributed by atoms with Gasteiger partial charge in [0, 0.05) is 0 Å². The number of aliphatic carboxylic acids is 1. The van der Waals surface area contributed by atoms with E-state index in [1.807, 2.05) is 0 Å². The number of nitrogens with zero attached hydrogens (tertiary/aromatic N) is 1. The van der Waals surface area contributed by atoms with Crippen molar-refractivity contribution < 1.29 is 9.90 Å². The topological polar surface area (TPSA) is 40.5 Å². The largest absolute Gasteiger partial charge is 0.480 e. The van der Waals surface area contributed by atoms with Crippen LogP contribution in [0.25, 0.3) is 0 Å². The highest BCUT2D eigenvalue weighted by atomic mass is 16.4. The molecule has 1 saturated heterocycles. The first-order valence-corrected chi connectivity index (χ1v) is 5.53. The maximum Gasteiger partial charge on any atom is 0.323 e. The molecule has 82 valence electrons. The summed E-state index contributed by atoms with van der Waals surface area (Å²) >= 11 is 0. The molecule has 1 rings (SSSR count). The molecule has 3 nitrogen and oxygen atoms in total. The van der Waals surface area contributed by atoms with E-state index in [1.165, 1.54) is 19.3 Å². The smallest absolute Gasteiger partial charge is 0.323 e. The first-order chi connectivity index (χ1) is 6.55. The van der Waals surface area contributed by atoms with E-state index in [4.69, 9.17) is 5.11 Å². The second-order valence-corrected chi connectivity index (χ2v) is 4.62. The van der Waals surface area contributed by atoms with Crippen LogP contribution in [0, 0.1) is 0 Å². The lowest BCUT2D eigenvalue weighted by Gasteiger charge is -2.36. The van der Waals surface area contributed by atoms with Crippen LogP contribution < -0.4 is 0 Å². The molecule has 0 spiro atoms. The molecule has 1 N–H and O–H groups in total. The highest BCUT2D eigenvalue weighted by Crippen LogP contribution is 2.19. The van der Waals surface area contributed by atoms with Gasteiger partial charge in [-0.15, -0.1) is 0 Å². The number of carboxylic acid groups (broad SMARTS) is 1. The van der Waals surface area contributed by atoms with E-state index in [9.17, 15) is 4.79 Å². The Morgan fingerprint density at radius 2 is 1.50 bits per heavy atom. The Kier molecular flexibility index (Phi) is 3.93. The number of hydrogen-bond donors (Lipinski definition) is 1. The molecular formula is C11H21NO2. The Morgan fingerprint density at radius 3 is 1.93 bits per heavy atom. The van der Waals surface area contributed by atoms with Gasteiger partial charge in [-0.2, -0.15) is 0 Å². The predicted molar refractivity (Wildman–Crippen MR) is 56.4 cm³/mol. The van der Waals surface area contributed by atoms with Crippen molar-refractivity contribution in [3.63, 3.8) is 0 Å². The fourth-order valence-electron chi connectivity index (χ4n) is 1.94. The third-order valence-electron chi connectivity index (χ3n) is 3.17. The average molecular weight is 199 g/mol. The average Bonchev–Trinajstić information content (AvgIpc) is 2.01. The van der Waals surface area contributed by atoms with Crippen molar-refractivity contribution in [3.8, 4) is 0 Å². The normalized spacial score (nSPS) is 21.3. The molecule has 0 amide bonds. The van der Waals surface area contributed by atoms with Gasteiger partial charge in [0.25, 0.3) is 0 Å². The van der Waals surface area contributed by atoms with Crippen LogP contribution in [0.3, 0.4) is 0 Å². The fraction of sp³-hybridized carbons (Fsp3) is 0.909. The van der Waals surface area contributed by atoms with Gasteiger partial charge in [-0.1, -0.05) is 19.3 Å². The molecule has 0 atom stereocenters. The summed E-state index contributed by atoms with van der Waals surface area (Å²) in [5.74, 6) is -0.710. The summed E-state index contributed by atoms with van der Waals surface area (Å²) in [6.07, 6.45) is 6.06. The molecular weight excluding hydrogens is 178 g/mol. The van der Waals surface area contributed by atoms with Crippen molar-refractivity contribution in [2.24, 2.45) is 0 Å². The minimum absolute atomic E-state index is 0.697. The molecule has 0 radical (unpaired) electrons. The summed E-state index contributed by atoms with van der Waals surface area (Å²) in [7, 11) is 0. The van der Waals surface area contributed by atoms with Crippen LogP contribution >= 0.6 is 0 Å². The second-order valence-electron chi connectivity index (χ2n) is 4.62. The highest BCUT2D eigenvalue weighted by molar-refractivity contribution is 5.77. The molecule has 1 aliphatic rings. The molecule has 1 heterocycles. The third kappa shape index (κ3) is 2.71. The fourth-order valence-corrected chi connectivity index (χ4v) is 1.94. The van der Waals surface area contributed by atoms with E-state index < -0.39 is 11.5 Å². The minimum Gasteiger partial charge on any atom is -0.480 e. The summed E-state index contributed by atoms with van der Waals surface area (Å²) in [5, 5.41) is 9.11. The highest BCUT2D eigenvalue weighted by Gasteiger charge is 2.33. The van der Waals surface area contributed by atoms with Crippen LogP contribution in [-0.2, 0) is 4.79 Å². The summed E-state index contributed by atoms with van der Waals surface area (Å²) in [6.45, 7) is 5.46. The van der Waals surface area contributed by atoms with Gasteiger partial charge in [-0.05, 0) is 39.8 Å². The quantitative estimate of drug-likeness (QED) is 0.740. The summed E-state index contributed by atoms with van der Waals surface area (Å²) in [4.78, 5) is 13.2. The van der Waals surface area contributed by atoms with E-state index in [0.717, 1.165) is 25.9 Å². The molecule has 0 aromatic heterocycles. The maximum absolute atomic E-state index is 11.1. The van der Waals surface area contributed by atoms with E-state index in [1.54, 1.807) is 13.8 Å². The standard InChI is InChI=1S/C11H21NO2/c1-11(2,10(13)14)12-8-6-4-3-5-7-9-12/h3-9H2,1-2H3,(H,13,14). The number of likely N-dealkylation sites (tertiary alicyclic amines) is 1. The van der Waals surface area contributed by atoms with Crippen molar-refractivity contribution >= 4 is 5.97 Å². The number of rotatable bonds is 2. The van der Waals surface area contributed by atoms with Crippen molar-refractivity contribution in [1.29, 1.82) is 0 Å². The lowest BCUT2D eigenvalue weighted by atomic mass is 9.99. The summed E-state index contributed by atoms with van der Waals surface area (Å²) < 4.78 is 0. The van der Waals surface area contributed by atoms with Gasteiger partial charge in [0.15, 0.2) is 0 Å². The lowest BCUT2D eigenvalue weighted by Crippen LogP contribution is -2.51. The summed E-state index contributed by atoms with van der Waals surface area (Å²) in [6, 6.07) is 0. The predicted octanol–water partition coefficient (Wildman–Crippen LogP) is 2.12. The van der Waals surface area contributed by atoms with Gasteiger partial charge in [-0.3, -0.25) is 9.69 Å². The molecule has 0 aromatic carbocycles. The van der Waals surface area contributed by atoms with Crippen LogP contribution in [0.2, 0.25) is 0 Å². The monoisotopic (exact) mass is 199 g/mol. The van der Waals surface area contributed by atoms with Crippen molar-refractivity contribution in [1.82, 2.24) is 4.90 Å². The molecule has 3 heteroatoms. The first-order valence-electron chi connectivity index (χ1n) is 5.53. The number of carboxylic acids is 1. The SMILES string of the molecule is CC(C)(C(=O)O)N1CCCCCCC1. The number of carbonyl (C=O) groups is 1. The van der Waals surface area contributed by atoms with Crippen molar-refractivity contribution in [3.05, 3.63) is 0 Å². The van der Waals surface area contributed by atoms with E-state index in [0.29, 0.717) is 0 Å². The van der Waals surface area contributed by atoms with Crippen LogP contribution in [0.15, 0.2) is 0 Å². The Morgan fingerprint density at radius 1 is 1.07 bits per heavy atom. The second kappa shape index (κ2) is 4.78. The number of hydrogen-bond acceptors (Lipinski definition) is 2. The van der Waals surface area contributed by atoms with Crippen LogP contribution in [0.5, 0.6) is 0 Å². The Labute approximate surface area is 86.1 Å². The maximum atomic E-state index is 11.1. The zero-order valence-corrected chi connectivity index (χ0v) is 9.25. The third-order valence-corrected chi connectivity index (χ3v) is 3.17. The van der Waals surface area contributed by atoms with E-state index >= 15 is 0 Å². The molecule has 1 fully saturated rings. The molecule has 0 aromatic rings. The van der Waals surface area contributed by atoms with E-state index in [2.05, 4.69) is 4.90 Å². The van der Waals surface area contributed by atoms with E-state index in [-0.39, 0.29) is 0 Å². The molecule has 1 aliphatic heterocycles. The minimum atomic E-state index is -0.710. The Hall–Kier alpha value is -0.570. The molecule has 0 saturated carbocycles. The van der Waals surface area contributed by atoms with Gasteiger partial charge in [0.05, 0.1) is 0 Å². The molecule has 0 unspecified atom stereocenters. The zero-order valence-electron chi connectivity index (χ0n) is 9.25. The van der Waals surface area contributed by atoms with Gasteiger partial charge < -0.3 is 5.11 Å². The van der Waals surface area contributed by atoms with Crippen LogP contribution in [-0.4, -0.2) is 34.6 Å². The van der Waals surface area contributed by atoms with Crippen LogP contribution in [0.4, 0.5) is 0 Å². The molecule has 0 aliphatic carbocycles. The van der Waals surface area contributed by atoms with Gasteiger partial charge in [0.2, 0.25) is 0 Å². The summed E-state index contributed by atoms with van der Waals surface area (Å²) in [5.41, 5.74) is -0.697. The lowest BCUT2D eigenvalue weighted by molar-refractivity contribution is -0.149. The molecule has 0 bridgehead atoms. The zero-order chi connectivity index (χ0) is 10.6. The van der Waals surface area contributed by atoms with Crippen molar-refractivity contribution in [2.45, 2.75) is 51.5 Å². The first kappa shape index (κ1) is 11.5. The van der Waals surface area contributed by atoms with Gasteiger partial charge in [-0.25, -0.2) is 0 Å². The Balaban J connectivity index is 2.59. The van der Waals surface area contributed by atoms with Crippen LogP contribution in [0.1, 0.15) is 46.0 Å². The molecule has 14 heavy (non-hydrogen) atoms. The van der Waals surface area contributed by atoms with Gasteiger partial charge in [0.1, 0.15) is 5.54 Å². The van der Waals surface area contributed by atoms with Gasteiger partial charge >= 0.3 is 5.97 Å². The van der Waals surface area contributed by atoms with Crippen molar-refractivity contribution in [2.75, 3.05) is 13.1 Å². The Bertz CT molecular complexity index is 193.